The van der Waals surface area contributed by atoms with Gasteiger partial charge < -0.3 is 5.32 Å². The van der Waals surface area contributed by atoms with Crippen LogP contribution in [-0.4, -0.2) is 11.6 Å². The Morgan fingerprint density at radius 2 is 1.53 bits per heavy atom. The van der Waals surface area contributed by atoms with Gasteiger partial charge in [-0.25, -0.2) is 0 Å². The van der Waals surface area contributed by atoms with Crippen LogP contribution < -0.4 is 5.32 Å². The number of alkyl halides is 3. The molecule has 2 aliphatic carbocycles. The molecule has 0 aromatic heterocycles. The topological polar surface area (TPSA) is 12.0 Å². The minimum Gasteiger partial charge on any atom is -0.382 e. The fraction of sp³-hybridized carbons (Fsp3) is 0.571. The van der Waals surface area contributed by atoms with E-state index < -0.39 is 5.51 Å². The van der Waals surface area contributed by atoms with E-state index in [1.807, 2.05) is 0 Å². The van der Waals surface area contributed by atoms with E-state index in [-0.39, 0.29) is 16.7 Å². The maximum atomic E-state index is 12.2. The Bertz CT molecular complexity index is 423. The van der Waals surface area contributed by atoms with Crippen molar-refractivity contribution >= 4 is 17.4 Å². The summed E-state index contributed by atoms with van der Waals surface area (Å²) in [5.41, 5.74) is -3.27. The van der Waals surface area contributed by atoms with Crippen molar-refractivity contribution in [1.82, 2.24) is 0 Å². The van der Waals surface area contributed by atoms with Crippen LogP contribution in [0.2, 0.25) is 0 Å². The molecule has 0 spiro atoms. The molecule has 5 heteroatoms. The number of hydrogen-bond donors (Lipinski definition) is 1. The largest absolute Gasteiger partial charge is 0.446 e. The van der Waals surface area contributed by atoms with Crippen LogP contribution in [0.15, 0.2) is 29.2 Å². The van der Waals surface area contributed by atoms with Crippen LogP contribution in [0.3, 0.4) is 0 Å². The van der Waals surface area contributed by atoms with Crippen molar-refractivity contribution in [2.24, 2.45) is 11.8 Å². The molecule has 0 heterocycles. The van der Waals surface area contributed by atoms with Gasteiger partial charge in [-0.05, 0) is 73.5 Å². The predicted octanol–water partition coefficient (Wildman–Crippen LogP) is 4.90. The summed E-state index contributed by atoms with van der Waals surface area (Å²) in [7, 11) is 0. The minimum atomic E-state index is -4.21. The number of halogens is 3. The van der Waals surface area contributed by atoms with Crippen LogP contribution in [0, 0.1) is 11.8 Å². The van der Waals surface area contributed by atoms with E-state index in [2.05, 4.69) is 5.32 Å². The first-order valence-corrected chi connectivity index (χ1v) is 7.45. The van der Waals surface area contributed by atoms with Gasteiger partial charge in [0.1, 0.15) is 0 Å². The molecule has 1 N–H and O–H groups in total. The van der Waals surface area contributed by atoms with Crippen LogP contribution in [0.4, 0.5) is 18.9 Å². The molecule has 1 aromatic rings. The molecule has 0 saturated heterocycles. The number of anilines is 1. The van der Waals surface area contributed by atoms with Gasteiger partial charge in [0.25, 0.3) is 0 Å². The zero-order valence-electron chi connectivity index (χ0n) is 10.4. The van der Waals surface area contributed by atoms with Crippen molar-refractivity contribution < 1.29 is 13.2 Å². The summed E-state index contributed by atoms with van der Waals surface area (Å²) in [5.74, 6) is 1.55. The molecule has 3 rings (SSSR count). The van der Waals surface area contributed by atoms with Crippen LogP contribution in [-0.2, 0) is 0 Å². The molecule has 2 aliphatic rings. The molecule has 2 saturated carbocycles. The van der Waals surface area contributed by atoms with Crippen molar-refractivity contribution in [3.8, 4) is 0 Å². The van der Waals surface area contributed by atoms with Crippen molar-refractivity contribution in [3.63, 3.8) is 0 Å². The SMILES string of the molecule is FC(F)(F)Sc1ccc(NC(C2CC2)C2CC2)cc1. The maximum absolute atomic E-state index is 12.2. The van der Waals surface area contributed by atoms with Crippen molar-refractivity contribution in [2.75, 3.05) is 5.32 Å². The third-order valence-corrected chi connectivity index (χ3v) is 4.42. The summed E-state index contributed by atoms with van der Waals surface area (Å²) in [6.45, 7) is 0. The summed E-state index contributed by atoms with van der Waals surface area (Å²) >= 11 is -0.0622. The van der Waals surface area contributed by atoms with Gasteiger partial charge in [0.2, 0.25) is 0 Å². The van der Waals surface area contributed by atoms with Crippen molar-refractivity contribution in [2.45, 2.75) is 42.1 Å². The number of nitrogens with one attached hydrogen (secondary N) is 1. The van der Waals surface area contributed by atoms with Crippen molar-refractivity contribution in [1.29, 1.82) is 0 Å². The first kappa shape index (κ1) is 13.2. The molecule has 0 unspecified atom stereocenters. The monoisotopic (exact) mass is 287 g/mol. The second kappa shape index (κ2) is 4.93. The summed E-state index contributed by atoms with van der Waals surface area (Å²) in [5, 5.41) is 3.50. The smallest absolute Gasteiger partial charge is 0.382 e. The lowest BCUT2D eigenvalue weighted by Gasteiger charge is -2.19. The fourth-order valence-corrected chi connectivity index (χ4v) is 3.02. The van der Waals surface area contributed by atoms with E-state index in [0.717, 1.165) is 17.5 Å². The lowest BCUT2D eigenvalue weighted by molar-refractivity contribution is -0.0328. The number of hydrogen-bond acceptors (Lipinski definition) is 2. The molecule has 0 atom stereocenters. The van der Waals surface area contributed by atoms with Gasteiger partial charge in [0, 0.05) is 16.6 Å². The van der Waals surface area contributed by atoms with Crippen molar-refractivity contribution in [3.05, 3.63) is 24.3 Å². The summed E-state index contributed by atoms with van der Waals surface area (Å²) in [4.78, 5) is 0.243. The van der Waals surface area contributed by atoms with Crippen LogP contribution >= 0.6 is 11.8 Å². The summed E-state index contributed by atoms with van der Waals surface area (Å²) < 4.78 is 36.7. The maximum Gasteiger partial charge on any atom is 0.446 e. The van der Waals surface area contributed by atoms with Gasteiger partial charge in [0.15, 0.2) is 0 Å². The molecule has 0 amide bonds. The van der Waals surface area contributed by atoms with Crippen LogP contribution in [0.1, 0.15) is 25.7 Å². The highest BCUT2D eigenvalue weighted by atomic mass is 32.2. The Hall–Kier alpha value is -0.840. The van der Waals surface area contributed by atoms with Crippen LogP contribution in [0.5, 0.6) is 0 Å². The molecule has 104 valence electrons. The normalized spacial score (nSPS) is 19.8. The Morgan fingerprint density at radius 3 is 1.95 bits per heavy atom. The summed E-state index contributed by atoms with van der Waals surface area (Å²) in [6, 6.07) is 7.12. The van der Waals surface area contributed by atoms with E-state index in [0.29, 0.717) is 6.04 Å². The van der Waals surface area contributed by atoms with E-state index in [9.17, 15) is 13.2 Å². The summed E-state index contributed by atoms with van der Waals surface area (Å²) in [6.07, 6.45) is 5.15. The van der Waals surface area contributed by atoms with Gasteiger partial charge in [-0.1, -0.05) is 0 Å². The van der Waals surface area contributed by atoms with Gasteiger partial charge in [-0.15, -0.1) is 0 Å². The van der Waals surface area contributed by atoms with E-state index in [1.54, 1.807) is 12.1 Å². The fourth-order valence-electron chi connectivity index (χ4n) is 2.48. The third kappa shape index (κ3) is 3.81. The number of rotatable bonds is 5. The van der Waals surface area contributed by atoms with Gasteiger partial charge >= 0.3 is 5.51 Å². The lowest BCUT2D eigenvalue weighted by Crippen LogP contribution is -2.24. The molecular formula is C14H16F3NS. The first-order valence-electron chi connectivity index (χ1n) is 6.63. The standard InChI is InChI=1S/C14H16F3NS/c15-14(16,17)19-12-7-5-11(6-8-12)18-13(9-1-2-9)10-3-4-10/h5-10,13,18H,1-4H2. The van der Waals surface area contributed by atoms with E-state index in [4.69, 9.17) is 0 Å². The quantitative estimate of drug-likeness (QED) is 0.773. The van der Waals surface area contributed by atoms with Gasteiger partial charge in [-0.3, -0.25) is 0 Å². The molecule has 0 bridgehead atoms. The molecular weight excluding hydrogens is 271 g/mol. The van der Waals surface area contributed by atoms with Gasteiger partial charge in [-0.2, -0.15) is 13.2 Å². The third-order valence-electron chi connectivity index (χ3n) is 3.68. The molecule has 19 heavy (non-hydrogen) atoms. The predicted molar refractivity (Wildman–Crippen MR) is 71.2 cm³/mol. The average molecular weight is 287 g/mol. The highest BCUT2D eigenvalue weighted by Crippen LogP contribution is 2.46. The minimum absolute atomic E-state index is 0.0622. The molecule has 2 fully saturated rings. The molecule has 1 aromatic carbocycles. The second-order valence-corrected chi connectivity index (χ2v) is 6.56. The lowest BCUT2D eigenvalue weighted by atomic mass is 10.1. The highest BCUT2D eigenvalue weighted by Gasteiger charge is 2.41. The number of thioether (sulfide) groups is 1. The number of benzene rings is 1. The van der Waals surface area contributed by atoms with Gasteiger partial charge in [0.05, 0.1) is 0 Å². The first-order chi connectivity index (χ1) is 9.01. The zero-order valence-corrected chi connectivity index (χ0v) is 11.2. The second-order valence-electron chi connectivity index (χ2n) is 5.42. The van der Waals surface area contributed by atoms with Crippen LogP contribution in [0.25, 0.3) is 0 Å². The molecule has 0 radical (unpaired) electrons. The van der Waals surface area contributed by atoms with E-state index >= 15 is 0 Å². The average Bonchev–Trinajstić information content (AvgIpc) is 3.19. The Balaban J connectivity index is 1.61. The Kier molecular flexibility index (Phi) is 3.41. The highest BCUT2D eigenvalue weighted by molar-refractivity contribution is 8.00. The van der Waals surface area contributed by atoms with E-state index in [1.165, 1.54) is 37.8 Å². The Labute approximate surface area is 115 Å². The Morgan fingerprint density at radius 1 is 1.00 bits per heavy atom. The zero-order chi connectivity index (χ0) is 13.5. The molecule has 0 aliphatic heterocycles. The molecule has 1 nitrogen and oxygen atoms in total.